The van der Waals surface area contributed by atoms with Crippen molar-refractivity contribution in [2.75, 3.05) is 26.3 Å². The number of aliphatic hydroxyl groups is 1. The summed E-state index contributed by atoms with van der Waals surface area (Å²) in [5, 5.41) is 12.3. The number of benzene rings is 3. The van der Waals surface area contributed by atoms with Gasteiger partial charge in [0.1, 0.15) is 18.9 Å². The second kappa shape index (κ2) is 8.23. The summed E-state index contributed by atoms with van der Waals surface area (Å²) in [7, 11) is 0. The maximum Gasteiger partial charge on any atom is 0.171 e. The molecule has 1 heterocycles. The summed E-state index contributed by atoms with van der Waals surface area (Å²) in [6.07, 6.45) is 0. The number of hydrogen-bond donors (Lipinski definition) is 2. The molecular weight excluding hydrogens is 353 g/mol. The molecule has 0 aromatic heterocycles. The smallest absolute Gasteiger partial charge is 0.171 e. The largest absolute Gasteiger partial charge is 0.374 e. The molecule has 0 spiro atoms. The van der Waals surface area contributed by atoms with Gasteiger partial charge in [-0.2, -0.15) is 0 Å². The van der Waals surface area contributed by atoms with Crippen molar-refractivity contribution in [2.24, 2.45) is 0 Å². The van der Waals surface area contributed by atoms with Gasteiger partial charge >= 0.3 is 0 Å². The fourth-order valence-electron chi connectivity index (χ4n) is 4.24. The highest BCUT2D eigenvalue weighted by molar-refractivity contribution is 5.40. The first kappa shape index (κ1) is 18.8. The Labute approximate surface area is 165 Å². The minimum Gasteiger partial charge on any atom is -0.374 e. The fraction of sp³-hybridized carbons (Fsp3) is 0.250. The summed E-state index contributed by atoms with van der Waals surface area (Å²) >= 11 is 0. The fourth-order valence-corrected chi connectivity index (χ4v) is 4.24. The van der Waals surface area contributed by atoms with Crippen LogP contribution in [0.2, 0.25) is 0 Å². The molecule has 1 fully saturated rings. The zero-order chi connectivity index (χ0) is 19.4. The van der Waals surface area contributed by atoms with E-state index in [-0.39, 0.29) is 11.9 Å². The van der Waals surface area contributed by atoms with Crippen molar-refractivity contribution < 1.29 is 19.1 Å². The third-order valence-corrected chi connectivity index (χ3v) is 5.59. The lowest BCUT2D eigenvalue weighted by molar-refractivity contribution is -0.946. The van der Waals surface area contributed by atoms with Crippen LogP contribution in [-0.2, 0) is 10.3 Å². The van der Waals surface area contributed by atoms with Gasteiger partial charge < -0.3 is 14.7 Å². The van der Waals surface area contributed by atoms with Crippen LogP contribution in [-0.4, -0.2) is 31.4 Å². The molecule has 2 N–H and O–H groups in total. The summed E-state index contributed by atoms with van der Waals surface area (Å²) in [5.41, 5.74) is 1.24. The number of nitrogens with one attached hydrogen (secondary N) is 1. The van der Waals surface area contributed by atoms with Crippen molar-refractivity contribution in [1.82, 2.24) is 0 Å². The van der Waals surface area contributed by atoms with Gasteiger partial charge in [-0.05, 0) is 23.3 Å². The standard InChI is InChI=1S/C24H24FNO2/c25-22-13-11-21(12-14-22)24(27,20-9-5-2-6-10-20)23(19-7-3-1-4-8-19)26-15-17-28-18-16-26/h1-14,23,27H,15-18H2/p+1/t23-,24-/m1/s1. The number of ether oxygens (including phenoxy) is 1. The first-order valence-corrected chi connectivity index (χ1v) is 9.71. The van der Waals surface area contributed by atoms with Crippen LogP contribution in [0.1, 0.15) is 22.7 Å². The molecular formula is C24H25FNO2+. The highest BCUT2D eigenvalue weighted by Gasteiger charge is 2.47. The molecule has 0 bridgehead atoms. The number of quaternary nitrogens is 1. The molecule has 0 saturated carbocycles. The molecule has 1 saturated heterocycles. The van der Waals surface area contributed by atoms with Crippen molar-refractivity contribution in [3.05, 3.63) is 107 Å². The average Bonchev–Trinajstić information content (AvgIpc) is 2.76. The van der Waals surface area contributed by atoms with Gasteiger partial charge in [0, 0.05) is 5.56 Å². The van der Waals surface area contributed by atoms with Crippen LogP contribution < -0.4 is 4.90 Å². The maximum absolute atomic E-state index is 13.7. The Morgan fingerprint density at radius 2 is 1.32 bits per heavy atom. The lowest BCUT2D eigenvalue weighted by atomic mass is 9.76. The molecule has 4 rings (SSSR count). The molecule has 28 heavy (non-hydrogen) atoms. The summed E-state index contributed by atoms with van der Waals surface area (Å²) in [4.78, 5) is 1.26. The van der Waals surface area contributed by atoms with Crippen molar-refractivity contribution in [3.8, 4) is 0 Å². The maximum atomic E-state index is 13.7. The quantitative estimate of drug-likeness (QED) is 0.716. The number of hydrogen-bond acceptors (Lipinski definition) is 2. The minimum absolute atomic E-state index is 0.245. The van der Waals surface area contributed by atoms with Gasteiger partial charge in [0.2, 0.25) is 0 Å². The Kier molecular flexibility index (Phi) is 5.53. The topological polar surface area (TPSA) is 33.9 Å². The Hall–Kier alpha value is -2.53. The normalized spacial score (nSPS) is 18.4. The van der Waals surface area contributed by atoms with Crippen LogP contribution in [0, 0.1) is 5.82 Å². The van der Waals surface area contributed by atoms with Crippen LogP contribution in [0.4, 0.5) is 4.39 Å². The van der Waals surface area contributed by atoms with Gasteiger partial charge in [0.15, 0.2) is 11.6 Å². The van der Waals surface area contributed by atoms with E-state index in [2.05, 4.69) is 12.1 Å². The van der Waals surface area contributed by atoms with E-state index in [1.54, 1.807) is 12.1 Å². The van der Waals surface area contributed by atoms with Crippen LogP contribution in [0.15, 0.2) is 84.9 Å². The van der Waals surface area contributed by atoms with Crippen molar-refractivity contribution in [3.63, 3.8) is 0 Å². The van der Waals surface area contributed by atoms with Gasteiger partial charge in [-0.1, -0.05) is 72.8 Å². The lowest BCUT2D eigenvalue weighted by Gasteiger charge is -2.42. The molecule has 0 radical (unpaired) electrons. The van der Waals surface area contributed by atoms with E-state index in [9.17, 15) is 9.50 Å². The summed E-state index contributed by atoms with van der Waals surface area (Å²) in [5.74, 6) is -0.311. The summed E-state index contributed by atoms with van der Waals surface area (Å²) in [6, 6.07) is 25.8. The van der Waals surface area contributed by atoms with Crippen molar-refractivity contribution in [1.29, 1.82) is 0 Å². The molecule has 0 unspecified atom stereocenters. The third-order valence-electron chi connectivity index (χ3n) is 5.59. The summed E-state index contributed by atoms with van der Waals surface area (Å²) < 4.78 is 19.2. The molecule has 0 amide bonds. The molecule has 3 aromatic carbocycles. The van der Waals surface area contributed by atoms with E-state index in [0.29, 0.717) is 18.8 Å². The molecule has 4 heteroatoms. The first-order valence-electron chi connectivity index (χ1n) is 9.71. The van der Waals surface area contributed by atoms with E-state index in [1.807, 2.05) is 48.5 Å². The third kappa shape index (κ3) is 3.59. The highest BCUT2D eigenvalue weighted by atomic mass is 19.1. The van der Waals surface area contributed by atoms with Crippen LogP contribution >= 0.6 is 0 Å². The Morgan fingerprint density at radius 1 is 0.786 bits per heavy atom. The van der Waals surface area contributed by atoms with E-state index < -0.39 is 5.60 Å². The van der Waals surface area contributed by atoms with E-state index in [1.165, 1.54) is 17.0 Å². The summed E-state index contributed by atoms with van der Waals surface area (Å²) in [6.45, 7) is 2.92. The molecule has 3 aromatic rings. The number of morpholine rings is 1. The second-order valence-electron chi connectivity index (χ2n) is 7.25. The molecule has 3 nitrogen and oxygen atoms in total. The van der Waals surface area contributed by atoms with Gasteiger partial charge in [-0.25, -0.2) is 4.39 Å². The molecule has 2 atom stereocenters. The zero-order valence-electron chi connectivity index (χ0n) is 15.7. The number of rotatable bonds is 5. The highest BCUT2D eigenvalue weighted by Crippen LogP contribution is 2.39. The lowest BCUT2D eigenvalue weighted by Crippen LogP contribution is -3.15. The predicted molar refractivity (Wildman–Crippen MR) is 107 cm³/mol. The van der Waals surface area contributed by atoms with E-state index in [0.717, 1.165) is 24.2 Å². The Balaban J connectivity index is 1.92. The SMILES string of the molecule is O[C@](c1ccccc1)(c1ccc(F)cc1)[C@@H](c1ccccc1)[NH+]1CCOCC1. The van der Waals surface area contributed by atoms with Gasteiger partial charge in [-0.3, -0.25) is 0 Å². The van der Waals surface area contributed by atoms with E-state index >= 15 is 0 Å². The molecule has 1 aliphatic rings. The van der Waals surface area contributed by atoms with Crippen LogP contribution in [0.3, 0.4) is 0 Å². The van der Waals surface area contributed by atoms with Crippen LogP contribution in [0.5, 0.6) is 0 Å². The molecule has 0 aliphatic carbocycles. The van der Waals surface area contributed by atoms with Crippen molar-refractivity contribution in [2.45, 2.75) is 11.6 Å². The first-order chi connectivity index (χ1) is 13.7. The van der Waals surface area contributed by atoms with Crippen molar-refractivity contribution >= 4 is 0 Å². The second-order valence-corrected chi connectivity index (χ2v) is 7.25. The predicted octanol–water partition coefficient (Wildman–Crippen LogP) is 2.72. The van der Waals surface area contributed by atoms with Gasteiger partial charge in [0.25, 0.3) is 0 Å². The molecule has 144 valence electrons. The van der Waals surface area contributed by atoms with Gasteiger partial charge in [0.05, 0.1) is 13.2 Å². The van der Waals surface area contributed by atoms with Crippen LogP contribution in [0.25, 0.3) is 0 Å². The average molecular weight is 378 g/mol. The Morgan fingerprint density at radius 3 is 1.93 bits per heavy atom. The Bertz CT molecular complexity index is 879. The van der Waals surface area contributed by atoms with E-state index in [4.69, 9.17) is 4.74 Å². The van der Waals surface area contributed by atoms with Gasteiger partial charge in [-0.15, -0.1) is 0 Å². The zero-order valence-corrected chi connectivity index (χ0v) is 15.7. The number of halogens is 1. The minimum atomic E-state index is -1.30. The monoisotopic (exact) mass is 378 g/mol. The molecule has 1 aliphatic heterocycles.